The minimum Gasteiger partial charge on any atom is -0.545 e. The lowest BCUT2D eigenvalue weighted by molar-refractivity contribution is -0.255. The van der Waals surface area contributed by atoms with Crippen LogP contribution in [0.5, 0.6) is 0 Å². The predicted molar refractivity (Wildman–Crippen MR) is 57.0 cm³/mol. The second-order valence-corrected chi connectivity index (χ2v) is 4.25. The highest BCUT2D eigenvalue weighted by atomic mass is 16.4. The Morgan fingerprint density at radius 1 is 1.50 bits per heavy atom. The van der Waals surface area contributed by atoms with E-state index >= 15 is 0 Å². The molecule has 2 rings (SSSR count). The molecule has 1 atom stereocenters. The number of anilines is 1. The molecular formula is C11H14N3O2-. The van der Waals surface area contributed by atoms with Crippen molar-refractivity contribution in [2.75, 3.05) is 18.0 Å². The lowest BCUT2D eigenvalue weighted by Crippen LogP contribution is -2.35. The van der Waals surface area contributed by atoms with Crippen molar-refractivity contribution in [3.63, 3.8) is 0 Å². The van der Waals surface area contributed by atoms with Gasteiger partial charge in [0.1, 0.15) is 0 Å². The minimum atomic E-state index is -1.24. The largest absolute Gasteiger partial charge is 0.545 e. The average Bonchev–Trinajstić information content (AvgIpc) is 2.29. The molecule has 5 nitrogen and oxygen atoms in total. The van der Waals surface area contributed by atoms with Gasteiger partial charge in [-0.1, -0.05) is 6.92 Å². The summed E-state index contributed by atoms with van der Waals surface area (Å²) in [6, 6.07) is 0. The van der Waals surface area contributed by atoms with Crippen LogP contribution < -0.4 is 10.0 Å². The highest BCUT2D eigenvalue weighted by Gasteiger charge is 2.18. The van der Waals surface area contributed by atoms with Crippen molar-refractivity contribution >= 4 is 11.9 Å². The van der Waals surface area contributed by atoms with Crippen molar-refractivity contribution < 1.29 is 9.90 Å². The molecule has 5 heteroatoms. The first kappa shape index (κ1) is 10.9. The molecule has 1 aliphatic heterocycles. The number of hydrogen-bond donors (Lipinski definition) is 0. The predicted octanol–water partition coefficient (Wildman–Crippen LogP) is 0.0764. The summed E-state index contributed by atoms with van der Waals surface area (Å²) < 4.78 is 0. The monoisotopic (exact) mass is 220 g/mol. The molecule has 1 aromatic heterocycles. The van der Waals surface area contributed by atoms with E-state index in [0.29, 0.717) is 11.9 Å². The summed E-state index contributed by atoms with van der Waals surface area (Å²) in [6.45, 7) is 4.07. The van der Waals surface area contributed by atoms with E-state index in [2.05, 4.69) is 21.8 Å². The second kappa shape index (κ2) is 4.47. The fourth-order valence-corrected chi connectivity index (χ4v) is 1.96. The standard InChI is InChI=1S/C11H15N3O2/c1-8-3-2-4-14(7-8)11-12-5-9(6-13-11)10(15)16/h5-6,8H,2-4,7H2,1H3,(H,15,16)/p-1/t8-/m1/s1. The quantitative estimate of drug-likeness (QED) is 0.705. The Hall–Kier alpha value is -1.65. The van der Waals surface area contributed by atoms with Crippen molar-refractivity contribution in [1.29, 1.82) is 0 Å². The third-order valence-corrected chi connectivity index (χ3v) is 2.81. The van der Waals surface area contributed by atoms with Crippen LogP contribution in [0.1, 0.15) is 30.1 Å². The van der Waals surface area contributed by atoms with E-state index in [1.165, 1.54) is 18.8 Å². The summed E-state index contributed by atoms with van der Waals surface area (Å²) in [4.78, 5) is 20.7. The van der Waals surface area contributed by atoms with Crippen LogP contribution in [0, 0.1) is 5.92 Å². The zero-order chi connectivity index (χ0) is 11.5. The molecule has 0 N–H and O–H groups in total. The number of hydrogen-bond acceptors (Lipinski definition) is 5. The third kappa shape index (κ3) is 2.29. The van der Waals surface area contributed by atoms with E-state index < -0.39 is 5.97 Å². The maximum atomic E-state index is 10.5. The Labute approximate surface area is 94.1 Å². The molecule has 0 bridgehead atoms. The minimum absolute atomic E-state index is 0.0220. The number of carbonyl (C=O) groups excluding carboxylic acids is 1. The topological polar surface area (TPSA) is 69.2 Å². The Kier molecular flexibility index (Phi) is 3.03. The Bertz CT molecular complexity index is 377. The zero-order valence-electron chi connectivity index (χ0n) is 9.22. The molecule has 0 radical (unpaired) electrons. The summed E-state index contributed by atoms with van der Waals surface area (Å²) >= 11 is 0. The van der Waals surface area contributed by atoms with Gasteiger partial charge in [-0.25, -0.2) is 9.97 Å². The summed E-state index contributed by atoms with van der Waals surface area (Å²) in [7, 11) is 0. The number of carboxylic acid groups (broad SMARTS) is 1. The smallest absolute Gasteiger partial charge is 0.225 e. The molecular weight excluding hydrogens is 206 g/mol. The van der Waals surface area contributed by atoms with Gasteiger partial charge in [0, 0.05) is 31.0 Å². The van der Waals surface area contributed by atoms with E-state index in [0.717, 1.165) is 19.5 Å². The maximum Gasteiger partial charge on any atom is 0.225 e. The Morgan fingerprint density at radius 3 is 2.75 bits per heavy atom. The summed E-state index contributed by atoms with van der Waals surface area (Å²) in [5.41, 5.74) is 0.0220. The molecule has 0 saturated carbocycles. The van der Waals surface area contributed by atoms with Gasteiger partial charge in [-0.15, -0.1) is 0 Å². The van der Waals surface area contributed by atoms with Gasteiger partial charge < -0.3 is 14.8 Å². The molecule has 1 aliphatic rings. The van der Waals surface area contributed by atoms with Crippen LogP contribution in [0.25, 0.3) is 0 Å². The van der Waals surface area contributed by atoms with Gasteiger partial charge in [-0.05, 0) is 18.8 Å². The number of carboxylic acids is 1. The molecule has 0 aromatic carbocycles. The lowest BCUT2D eigenvalue weighted by Gasteiger charge is -2.30. The van der Waals surface area contributed by atoms with Crippen molar-refractivity contribution in [2.24, 2.45) is 5.92 Å². The van der Waals surface area contributed by atoms with Crippen LogP contribution in [0.15, 0.2) is 12.4 Å². The number of aromatic nitrogens is 2. The molecule has 0 aliphatic carbocycles. The van der Waals surface area contributed by atoms with Crippen molar-refractivity contribution in [1.82, 2.24) is 9.97 Å². The van der Waals surface area contributed by atoms with Crippen LogP contribution in [-0.4, -0.2) is 29.0 Å². The molecule has 1 saturated heterocycles. The normalized spacial score (nSPS) is 20.8. The first-order valence-electron chi connectivity index (χ1n) is 5.45. The average molecular weight is 220 g/mol. The van der Waals surface area contributed by atoms with Gasteiger partial charge in [0.2, 0.25) is 5.95 Å². The molecule has 2 heterocycles. The summed E-state index contributed by atoms with van der Waals surface area (Å²) in [5.74, 6) is 0.00767. The first-order valence-corrected chi connectivity index (χ1v) is 5.45. The van der Waals surface area contributed by atoms with Crippen LogP contribution in [-0.2, 0) is 0 Å². The van der Waals surface area contributed by atoms with E-state index in [-0.39, 0.29) is 5.56 Å². The van der Waals surface area contributed by atoms with E-state index in [4.69, 9.17) is 0 Å². The maximum absolute atomic E-state index is 10.5. The highest BCUT2D eigenvalue weighted by Crippen LogP contribution is 2.19. The van der Waals surface area contributed by atoms with Crippen LogP contribution in [0.3, 0.4) is 0 Å². The van der Waals surface area contributed by atoms with Crippen molar-refractivity contribution in [3.05, 3.63) is 18.0 Å². The van der Waals surface area contributed by atoms with Gasteiger partial charge >= 0.3 is 0 Å². The van der Waals surface area contributed by atoms with Crippen LogP contribution in [0.2, 0.25) is 0 Å². The molecule has 0 amide bonds. The second-order valence-electron chi connectivity index (χ2n) is 4.25. The SMILES string of the molecule is C[C@@H]1CCCN(c2ncc(C(=O)[O-])cn2)C1. The number of rotatable bonds is 2. The molecule has 0 spiro atoms. The number of carbonyl (C=O) groups is 1. The van der Waals surface area contributed by atoms with Gasteiger partial charge in [-0.2, -0.15) is 0 Å². The van der Waals surface area contributed by atoms with E-state index in [9.17, 15) is 9.90 Å². The Morgan fingerprint density at radius 2 is 2.19 bits per heavy atom. The fraction of sp³-hybridized carbons (Fsp3) is 0.545. The zero-order valence-corrected chi connectivity index (χ0v) is 9.22. The first-order chi connectivity index (χ1) is 7.66. The van der Waals surface area contributed by atoms with Crippen LogP contribution in [0.4, 0.5) is 5.95 Å². The van der Waals surface area contributed by atoms with Gasteiger partial charge in [-0.3, -0.25) is 0 Å². The molecule has 1 aromatic rings. The number of aromatic carboxylic acids is 1. The Balaban J connectivity index is 2.11. The van der Waals surface area contributed by atoms with Crippen molar-refractivity contribution in [3.8, 4) is 0 Å². The highest BCUT2D eigenvalue weighted by molar-refractivity contribution is 5.84. The summed E-state index contributed by atoms with van der Waals surface area (Å²) in [6.07, 6.45) is 4.97. The van der Waals surface area contributed by atoms with Gasteiger partial charge in [0.05, 0.1) is 5.97 Å². The number of nitrogens with zero attached hydrogens (tertiary/aromatic N) is 3. The van der Waals surface area contributed by atoms with Crippen molar-refractivity contribution in [2.45, 2.75) is 19.8 Å². The van der Waals surface area contributed by atoms with E-state index in [1.54, 1.807) is 0 Å². The third-order valence-electron chi connectivity index (χ3n) is 2.81. The number of piperidine rings is 1. The van der Waals surface area contributed by atoms with Gasteiger partial charge in [0.15, 0.2) is 0 Å². The summed E-state index contributed by atoms with van der Waals surface area (Å²) in [5, 5.41) is 10.5. The fourth-order valence-electron chi connectivity index (χ4n) is 1.96. The lowest BCUT2D eigenvalue weighted by atomic mass is 10.0. The molecule has 86 valence electrons. The molecule has 0 unspecified atom stereocenters. The molecule has 16 heavy (non-hydrogen) atoms. The van der Waals surface area contributed by atoms with Crippen LogP contribution >= 0.6 is 0 Å². The van der Waals surface area contributed by atoms with Gasteiger partial charge in [0.25, 0.3) is 0 Å². The van der Waals surface area contributed by atoms with E-state index in [1.807, 2.05) is 0 Å². The molecule has 1 fully saturated rings.